The standard InChI is InChI=1S/C23H24ClN3O4/c1-3-10-30-19-9-8-15(11-20(19)29-2)22-25-23(31-26-22)17-12-21(28)27(14-17)13-16-6-4-5-7-18(16)24/h4-9,11,17H,3,10,12-14H2,1-2H3. The highest BCUT2D eigenvalue weighted by molar-refractivity contribution is 6.31. The van der Waals surface area contributed by atoms with Crippen LogP contribution < -0.4 is 9.47 Å². The maximum absolute atomic E-state index is 12.5. The van der Waals surface area contributed by atoms with Crippen molar-refractivity contribution in [2.75, 3.05) is 20.3 Å². The van der Waals surface area contributed by atoms with E-state index in [1.165, 1.54) is 0 Å². The van der Waals surface area contributed by atoms with Gasteiger partial charge in [-0.05, 0) is 36.2 Å². The normalized spacial score (nSPS) is 16.0. The van der Waals surface area contributed by atoms with Gasteiger partial charge in [-0.25, -0.2) is 0 Å². The van der Waals surface area contributed by atoms with Crippen molar-refractivity contribution < 1.29 is 18.8 Å². The molecule has 2 heterocycles. The first-order valence-electron chi connectivity index (χ1n) is 10.2. The molecule has 0 aliphatic carbocycles. The van der Waals surface area contributed by atoms with Crippen LogP contribution in [0, 0.1) is 0 Å². The molecule has 7 nitrogen and oxygen atoms in total. The molecule has 1 amide bonds. The largest absolute Gasteiger partial charge is 0.493 e. The number of carbonyl (C=O) groups is 1. The van der Waals surface area contributed by atoms with E-state index in [0.717, 1.165) is 17.5 Å². The number of methoxy groups -OCH3 is 1. The van der Waals surface area contributed by atoms with Gasteiger partial charge >= 0.3 is 0 Å². The summed E-state index contributed by atoms with van der Waals surface area (Å²) < 4.78 is 16.6. The maximum atomic E-state index is 12.5. The fraction of sp³-hybridized carbons (Fsp3) is 0.348. The lowest BCUT2D eigenvalue weighted by molar-refractivity contribution is -0.128. The Kier molecular flexibility index (Phi) is 6.42. The Hall–Kier alpha value is -3.06. The van der Waals surface area contributed by atoms with E-state index >= 15 is 0 Å². The number of halogens is 1. The van der Waals surface area contributed by atoms with Crippen LogP contribution in [0.2, 0.25) is 5.02 Å². The van der Waals surface area contributed by atoms with Gasteiger partial charge in [0.05, 0.1) is 19.6 Å². The smallest absolute Gasteiger partial charge is 0.232 e. The second-order valence-corrected chi connectivity index (χ2v) is 7.84. The van der Waals surface area contributed by atoms with E-state index in [2.05, 4.69) is 10.1 Å². The van der Waals surface area contributed by atoms with Crippen molar-refractivity contribution in [3.63, 3.8) is 0 Å². The molecule has 1 aliphatic heterocycles. The Morgan fingerprint density at radius 2 is 2.06 bits per heavy atom. The zero-order valence-electron chi connectivity index (χ0n) is 17.5. The molecule has 0 radical (unpaired) electrons. The summed E-state index contributed by atoms with van der Waals surface area (Å²) in [6.07, 6.45) is 1.24. The second-order valence-electron chi connectivity index (χ2n) is 7.44. The Bertz CT molecular complexity index is 1070. The number of hydrogen-bond acceptors (Lipinski definition) is 6. The van der Waals surface area contributed by atoms with Gasteiger partial charge in [-0.2, -0.15) is 4.98 Å². The number of hydrogen-bond donors (Lipinski definition) is 0. The van der Waals surface area contributed by atoms with E-state index in [1.54, 1.807) is 12.0 Å². The highest BCUT2D eigenvalue weighted by Gasteiger charge is 2.34. The molecule has 0 spiro atoms. The molecular weight excluding hydrogens is 418 g/mol. The summed E-state index contributed by atoms with van der Waals surface area (Å²) >= 11 is 6.24. The molecule has 31 heavy (non-hydrogen) atoms. The molecule has 1 atom stereocenters. The van der Waals surface area contributed by atoms with E-state index < -0.39 is 0 Å². The molecule has 0 saturated carbocycles. The molecule has 1 saturated heterocycles. The minimum atomic E-state index is -0.148. The van der Waals surface area contributed by atoms with Crippen molar-refractivity contribution in [1.82, 2.24) is 15.0 Å². The molecule has 1 unspecified atom stereocenters. The Labute approximate surface area is 185 Å². The number of benzene rings is 2. The van der Waals surface area contributed by atoms with E-state index in [9.17, 15) is 4.79 Å². The summed E-state index contributed by atoms with van der Waals surface area (Å²) in [5.41, 5.74) is 1.68. The van der Waals surface area contributed by atoms with Gasteiger partial charge in [0, 0.05) is 30.1 Å². The first-order valence-corrected chi connectivity index (χ1v) is 10.6. The topological polar surface area (TPSA) is 77.7 Å². The Morgan fingerprint density at radius 3 is 2.84 bits per heavy atom. The predicted octanol–water partition coefficient (Wildman–Crippen LogP) is 4.70. The molecular formula is C23H24ClN3O4. The van der Waals surface area contributed by atoms with Crippen molar-refractivity contribution in [3.8, 4) is 22.9 Å². The lowest BCUT2D eigenvalue weighted by Gasteiger charge is -2.16. The molecule has 8 heteroatoms. The van der Waals surface area contributed by atoms with Gasteiger partial charge < -0.3 is 18.9 Å². The number of rotatable bonds is 8. The number of ether oxygens (including phenoxy) is 2. The number of likely N-dealkylation sites (tertiary alicyclic amines) is 1. The van der Waals surface area contributed by atoms with Crippen molar-refractivity contribution in [2.45, 2.75) is 32.2 Å². The average Bonchev–Trinajstić information content (AvgIpc) is 3.41. The quantitative estimate of drug-likeness (QED) is 0.504. The molecule has 0 N–H and O–H groups in total. The van der Waals surface area contributed by atoms with Crippen molar-refractivity contribution in [1.29, 1.82) is 0 Å². The van der Waals surface area contributed by atoms with Crippen molar-refractivity contribution in [3.05, 3.63) is 58.9 Å². The molecule has 4 rings (SSSR count). The predicted molar refractivity (Wildman–Crippen MR) is 116 cm³/mol. The van der Waals surface area contributed by atoms with Gasteiger partial charge in [0.1, 0.15) is 0 Å². The zero-order valence-corrected chi connectivity index (χ0v) is 18.3. The van der Waals surface area contributed by atoms with Crippen molar-refractivity contribution in [2.24, 2.45) is 0 Å². The third-order valence-corrected chi connectivity index (χ3v) is 5.58. The maximum Gasteiger partial charge on any atom is 0.232 e. The summed E-state index contributed by atoms with van der Waals surface area (Å²) in [4.78, 5) is 18.8. The third-order valence-electron chi connectivity index (χ3n) is 5.21. The Morgan fingerprint density at radius 1 is 1.23 bits per heavy atom. The van der Waals surface area contributed by atoms with Gasteiger partial charge in [0.2, 0.25) is 17.6 Å². The lowest BCUT2D eigenvalue weighted by atomic mass is 10.1. The van der Waals surface area contributed by atoms with Gasteiger partial charge in [0.15, 0.2) is 11.5 Å². The van der Waals surface area contributed by atoms with Crippen LogP contribution in [0.5, 0.6) is 11.5 Å². The molecule has 1 fully saturated rings. The fourth-order valence-corrected chi connectivity index (χ4v) is 3.77. The molecule has 1 aromatic heterocycles. The van der Waals surface area contributed by atoms with Crippen LogP contribution >= 0.6 is 11.6 Å². The first-order chi connectivity index (χ1) is 15.1. The van der Waals surface area contributed by atoms with Crippen LogP contribution in [0.4, 0.5) is 0 Å². The highest BCUT2D eigenvalue weighted by atomic mass is 35.5. The molecule has 2 aromatic carbocycles. The summed E-state index contributed by atoms with van der Waals surface area (Å²) in [5, 5.41) is 4.77. The molecule has 1 aliphatic rings. The number of nitrogens with zero attached hydrogens (tertiary/aromatic N) is 3. The van der Waals surface area contributed by atoms with Crippen LogP contribution in [0.3, 0.4) is 0 Å². The fourth-order valence-electron chi connectivity index (χ4n) is 3.58. The molecule has 162 valence electrons. The monoisotopic (exact) mass is 441 g/mol. The summed E-state index contributed by atoms with van der Waals surface area (Å²) in [5.74, 6) is 2.09. The summed E-state index contributed by atoms with van der Waals surface area (Å²) in [6, 6.07) is 13.1. The minimum Gasteiger partial charge on any atom is -0.493 e. The van der Waals surface area contributed by atoms with E-state index in [4.69, 9.17) is 25.6 Å². The highest BCUT2D eigenvalue weighted by Crippen LogP contribution is 2.34. The average molecular weight is 442 g/mol. The van der Waals surface area contributed by atoms with Crippen LogP contribution in [-0.4, -0.2) is 41.2 Å². The summed E-state index contributed by atoms with van der Waals surface area (Å²) in [7, 11) is 1.59. The van der Waals surface area contributed by atoms with Crippen LogP contribution in [0.25, 0.3) is 11.4 Å². The number of amides is 1. The lowest BCUT2D eigenvalue weighted by Crippen LogP contribution is -2.24. The van der Waals surface area contributed by atoms with Gasteiger partial charge in [0.25, 0.3) is 0 Å². The van der Waals surface area contributed by atoms with E-state index in [0.29, 0.717) is 54.4 Å². The second kappa shape index (κ2) is 9.39. The molecule has 0 bridgehead atoms. The van der Waals surface area contributed by atoms with Gasteiger partial charge in [-0.1, -0.05) is 41.9 Å². The first kappa shape index (κ1) is 21.2. The van der Waals surface area contributed by atoms with Gasteiger partial charge in [-0.15, -0.1) is 0 Å². The van der Waals surface area contributed by atoms with Gasteiger partial charge in [-0.3, -0.25) is 4.79 Å². The zero-order chi connectivity index (χ0) is 21.8. The van der Waals surface area contributed by atoms with Crippen LogP contribution in [0.1, 0.15) is 37.1 Å². The SMILES string of the molecule is CCCOc1ccc(-c2noc(C3CC(=O)N(Cc4ccccc4Cl)C3)n2)cc1OC. The molecule has 3 aromatic rings. The summed E-state index contributed by atoms with van der Waals surface area (Å²) in [6.45, 7) is 3.64. The minimum absolute atomic E-state index is 0.0452. The number of aromatic nitrogens is 2. The number of carbonyl (C=O) groups excluding carboxylic acids is 1. The Balaban J connectivity index is 1.48. The van der Waals surface area contributed by atoms with Crippen molar-refractivity contribution >= 4 is 17.5 Å². The third kappa shape index (κ3) is 4.66. The van der Waals surface area contributed by atoms with Crippen LogP contribution in [-0.2, 0) is 11.3 Å². The van der Waals surface area contributed by atoms with E-state index in [-0.39, 0.29) is 11.8 Å². The van der Waals surface area contributed by atoms with Crippen LogP contribution in [0.15, 0.2) is 47.0 Å². The van der Waals surface area contributed by atoms with E-state index in [1.807, 2.05) is 49.4 Å².